The van der Waals surface area contributed by atoms with E-state index in [1.165, 1.54) is 18.3 Å². The maximum atomic E-state index is 13.9. The van der Waals surface area contributed by atoms with E-state index in [1.54, 1.807) is 24.7 Å². The summed E-state index contributed by atoms with van der Waals surface area (Å²) in [6, 6.07) is 15.0. The maximum Gasteiger partial charge on any atom is 0.166 e. The Morgan fingerprint density at radius 2 is 1.86 bits per heavy atom. The number of nitrogens with one attached hydrogen (secondary N) is 1. The van der Waals surface area contributed by atoms with Crippen molar-refractivity contribution in [3.8, 4) is 16.9 Å². The highest BCUT2D eigenvalue weighted by Gasteiger charge is 2.10. The zero-order valence-corrected chi connectivity index (χ0v) is 15.4. The van der Waals surface area contributed by atoms with Crippen molar-refractivity contribution in [3.05, 3.63) is 91.1 Å². The van der Waals surface area contributed by atoms with Crippen molar-refractivity contribution in [2.75, 3.05) is 11.9 Å². The summed E-state index contributed by atoms with van der Waals surface area (Å²) in [6.45, 7) is 1.27. The van der Waals surface area contributed by atoms with Crippen molar-refractivity contribution in [1.29, 1.82) is 0 Å². The van der Waals surface area contributed by atoms with E-state index in [9.17, 15) is 8.78 Å². The molecule has 0 amide bonds. The summed E-state index contributed by atoms with van der Waals surface area (Å²) in [4.78, 5) is 8.27. The predicted octanol–water partition coefficient (Wildman–Crippen LogP) is 5.05. The van der Waals surface area contributed by atoms with Gasteiger partial charge in [-0.1, -0.05) is 12.1 Å². The monoisotopic (exact) mass is 392 g/mol. The number of benzene rings is 2. The standard InChI is InChI=1S/C22H18F2N4O/c23-20-3-1-2-19(22(20)24)16-4-9-21(26-14-16)27-17-5-7-18(8-6-17)29-13-12-28-11-10-25-15-28/h1-11,14-15H,12-13H2,(H,26,27). The Morgan fingerprint density at radius 3 is 2.59 bits per heavy atom. The summed E-state index contributed by atoms with van der Waals surface area (Å²) >= 11 is 0. The van der Waals surface area contributed by atoms with E-state index in [4.69, 9.17) is 4.74 Å². The quantitative estimate of drug-likeness (QED) is 0.478. The number of imidazole rings is 1. The maximum absolute atomic E-state index is 13.9. The number of anilines is 2. The lowest BCUT2D eigenvalue weighted by Gasteiger charge is -2.10. The second-order valence-electron chi connectivity index (χ2n) is 6.33. The Morgan fingerprint density at radius 1 is 1.00 bits per heavy atom. The molecule has 0 aliphatic heterocycles. The summed E-state index contributed by atoms with van der Waals surface area (Å²) in [6.07, 6.45) is 6.87. The van der Waals surface area contributed by atoms with Crippen LogP contribution in [0, 0.1) is 11.6 Å². The fraction of sp³-hybridized carbons (Fsp3) is 0.0909. The minimum Gasteiger partial charge on any atom is -0.492 e. The van der Waals surface area contributed by atoms with Gasteiger partial charge in [0.25, 0.3) is 0 Å². The van der Waals surface area contributed by atoms with E-state index in [-0.39, 0.29) is 5.56 Å². The minimum absolute atomic E-state index is 0.182. The van der Waals surface area contributed by atoms with Gasteiger partial charge in [0.15, 0.2) is 11.6 Å². The molecule has 0 aliphatic rings. The Labute approximate surface area is 166 Å². The molecule has 2 aromatic heterocycles. The molecule has 146 valence electrons. The molecular formula is C22H18F2N4O. The zero-order valence-electron chi connectivity index (χ0n) is 15.4. The summed E-state index contributed by atoms with van der Waals surface area (Å²) < 4.78 is 35.0. The van der Waals surface area contributed by atoms with Crippen molar-refractivity contribution < 1.29 is 13.5 Å². The van der Waals surface area contributed by atoms with E-state index >= 15 is 0 Å². The SMILES string of the molecule is Fc1cccc(-c2ccc(Nc3ccc(OCCn4ccnc4)cc3)nc2)c1F. The third kappa shape index (κ3) is 4.57. The number of hydrogen-bond donors (Lipinski definition) is 1. The molecule has 2 heterocycles. The topological polar surface area (TPSA) is 52.0 Å². The highest BCUT2D eigenvalue weighted by Crippen LogP contribution is 2.25. The first-order valence-corrected chi connectivity index (χ1v) is 9.05. The average Bonchev–Trinajstić information content (AvgIpc) is 3.26. The molecule has 1 N–H and O–H groups in total. The van der Waals surface area contributed by atoms with Gasteiger partial charge in [0, 0.05) is 35.4 Å². The summed E-state index contributed by atoms with van der Waals surface area (Å²) in [5.74, 6) is -0.393. The van der Waals surface area contributed by atoms with Crippen molar-refractivity contribution >= 4 is 11.5 Å². The normalized spacial score (nSPS) is 10.7. The molecule has 29 heavy (non-hydrogen) atoms. The molecule has 0 unspecified atom stereocenters. The number of halogens is 2. The first kappa shape index (κ1) is 18.6. The van der Waals surface area contributed by atoms with Gasteiger partial charge in [-0.05, 0) is 42.5 Å². The summed E-state index contributed by atoms with van der Waals surface area (Å²) in [7, 11) is 0. The highest BCUT2D eigenvalue weighted by molar-refractivity contribution is 5.66. The molecule has 0 spiro atoms. The molecule has 2 aromatic carbocycles. The van der Waals surface area contributed by atoms with Crippen LogP contribution in [0.25, 0.3) is 11.1 Å². The molecule has 0 fully saturated rings. The van der Waals surface area contributed by atoms with Crippen molar-refractivity contribution in [1.82, 2.24) is 14.5 Å². The number of hydrogen-bond acceptors (Lipinski definition) is 4. The summed E-state index contributed by atoms with van der Waals surface area (Å²) in [5, 5.41) is 3.17. The van der Waals surface area contributed by atoms with Crippen LogP contribution in [0.4, 0.5) is 20.3 Å². The molecule has 0 radical (unpaired) electrons. The van der Waals surface area contributed by atoms with E-state index in [1.807, 2.05) is 35.0 Å². The largest absolute Gasteiger partial charge is 0.492 e. The van der Waals surface area contributed by atoms with E-state index < -0.39 is 11.6 Å². The van der Waals surface area contributed by atoms with Crippen LogP contribution in [0.3, 0.4) is 0 Å². The number of rotatable bonds is 7. The molecule has 0 bridgehead atoms. The van der Waals surface area contributed by atoms with Crippen LogP contribution in [0.1, 0.15) is 0 Å². The molecular weight excluding hydrogens is 374 g/mol. The molecule has 4 aromatic rings. The Bertz CT molecular complexity index is 1070. The molecule has 4 rings (SSSR count). The lowest BCUT2D eigenvalue weighted by molar-refractivity contribution is 0.298. The number of pyridine rings is 1. The van der Waals surface area contributed by atoms with Crippen molar-refractivity contribution in [2.24, 2.45) is 0 Å². The van der Waals surface area contributed by atoms with Crippen molar-refractivity contribution in [3.63, 3.8) is 0 Å². The van der Waals surface area contributed by atoms with Gasteiger partial charge in [-0.15, -0.1) is 0 Å². The fourth-order valence-corrected chi connectivity index (χ4v) is 2.82. The van der Waals surface area contributed by atoms with Crippen LogP contribution < -0.4 is 10.1 Å². The van der Waals surface area contributed by atoms with Crippen LogP contribution in [0.5, 0.6) is 5.75 Å². The Hall–Kier alpha value is -3.74. The van der Waals surface area contributed by atoms with E-state index in [0.29, 0.717) is 18.0 Å². The second-order valence-corrected chi connectivity index (χ2v) is 6.33. The van der Waals surface area contributed by atoms with Gasteiger partial charge in [-0.25, -0.2) is 18.7 Å². The van der Waals surface area contributed by atoms with Gasteiger partial charge in [-0.3, -0.25) is 0 Å². The fourth-order valence-electron chi connectivity index (χ4n) is 2.82. The molecule has 7 heteroatoms. The third-order valence-corrected chi connectivity index (χ3v) is 4.33. The van der Waals surface area contributed by atoms with Gasteiger partial charge in [0.05, 0.1) is 12.9 Å². The van der Waals surface area contributed by atoms with Gasteiger partial charge < -0.3 is 14.6 Å². The van der Waals surface area contributed by atoms with Gasteiger partial charge in [0.1, 0.15) is 18.2 Å². The smallest absolute Gasteiger partial charge is 0.166 e. The Kier molecular flexibility index (Phi) is 5.47. The van der Waals surface area contributed by atoms with Crippen LogP contribution in [0.15, 0.2) is 79.5 Å². The Balaban J connectivity index is 1.36. The third-order valence-electron chi connectivity index (χ3n) is 4.33. The number of aromatic nitrogens is 3. The van der Waals surface area contributed by atoms with Crippen LogP contribution in [-0.4, -0.2) is 21.1 Å². The van der Waals surface area contributed by atoms with Crippen molar-refractivity contribution in [2.45, 2.75) is 6.54 Å². The van der Waals surface area contributed by atoms with Crippen LogP contribution in [0.2, 0.25) is 0 Å². The lowest BCUT2D eigenvalue weighted by Crippen LogP contribution is -2.06. The van der Waals surface area contributed by atoms with Gasteiger partial charge in [-0.2, -0.15) is 0 Å². The first-order valence-electron chi connectivity index (χ1n) is 9.05. The lowest BCUT2D eigenvalue weighted by atomic mass is 10.1. The van der Waals surface area contributed by atoms with Gasteiger partial charge in [0.2, 0.25) is 0 Å². The molecule has 0 aliphatic carbocycles. The van der Waals surface area contributed by atoms with E-state index in [0.717, 1.165) is 24.0 Å². The number of nitrogens with zero attached hydrogens (tertiary/aromatic N) is 3. The highest BCUT2D eigenvalue weighted by atomic mass is 19.2. The predicted molar refractivity (Wildman–Crippen MR) is 107 cm³/mol. The van der Waals surface area contributed by atoms with Crippen LogP contribution >= 0.6 is 0 Å². The minimum atomic E-state index is -0.878. The van der Waals surface area contributed by atoms with E-state index in [2.05, 4.69) is 15.3 Å². The van der Waals surface area contributed by atoms with Crippen LogP contribution in [-0.2, 0) is 6.54 Å². The molecule has 5 nitrogen and oxygen atoms in total. The zero-order chi connectivity index (χ0) is 20.1. The first-order chi connectivity index (χ1) is 14.2. The summed E-state index contributed by atoms with van der Waals surface area (Å²) in [5.41, 5.74) is 1.53. The molecule has 0 saturated heterocycles. The average molecular weight is 392 g/mol. The second kappa shape index (κ2) is 8.52. The number of ether oxygens (including phenoxy) is 1. The van der Waals surface area contributed by atoms with Gasteiger partial charge >= 0.3 is 0 Å². The molecule has 0 atom stereocenters. The molecule has 0 saturated carbocycles.